The normalized spacial score (nSPS) is 23.1. The lowest BCUT2D eigenvalue weighted by Gasteiger charge is -2.26. The first-order valence-electron chi connectivity index (χ1n) is 8.74. The van der Waals surface area contributed by atoms with E-state index in [0.29, 0.717) is 5.41 Å². The first kappa shape index (κ1) is 15.3. The van der Waals surface area contributed by atoms with Crippen molar-refractivity contribution in [3.63, 3.8) is 0 Å². The van der Waals surface area contributed by atoms with Crippen molar-refractivity contribution in [3.05, 3.63) is 0 Å². The maximum atomic E-state index is 3.60. The molecule has 1 saturated carbocycles. The van der Waals surface area contributed by atoms with Gasteiger partial charge in [-0.15, -0.1) is 0 Å². The summed E-state index contributed by atoms with van der Waals surface area (Å²) in [5.74, 6) is 0. The number of rotatable bonds is 10. The number of likely N-dealkylation sites (tertiary alicyclic amines) is 1. The van der Waals surface area contributed by atoms with E-state index in [1.165, 1.54) is 84.0 Å². The van der Waals surface area contributed by atoms with Gasteiger partial charge in [-0.3, -0.25) is 0 Å². The summed E-state index contributed by atoms with van der Waals surface area (Å²) < 4.78 is 0. The van der Waals surface area contributed by atoms with Gasteiger partial charge in [0.2, 0.25) is 0 Å². The van der Waals surface area contributed by atoms with Crippen LogP contribution in [0.3, 0.4) is 0 Å². The maximum Gasteiger partial charge on any atom is 0.00682 e. The monoisotopic (exact) mass is 266 g/mol. The fourth-order valence-electron chi connectivity index (χ4n) is 3.45. The van der Waals surface area contributed by atoms with Gasteiger partial charge in [0.1, 0.15) is 0 Å². The Morgan fingerprint density at radius 1 is 1.05 bits per heavy atom. The van der Waals surface area contributed by atoms with Crippen molar-refractivity contribution in [2.75, 3.05) is 26.2 Å². The number of nitrogens with zero attached hydrogens (tertiary/aromatic N) is 1. The van der Waals surface area contributed by atoms with Crippen molar-refractivity contribution in [1.82, 2.24) is 10.2 Å². The van der Waals surface area contributed by atoms with Gasteiger partial charge in [0, 0.05) is 12.6 Å². The first-order valence-corrected chi connectivity index (χ1v) is 8.74. The van der Waals surface area contributed by atoms with Crippen LogP contribution in [-0.2, 0) is 0 Å². The van der Waals surface area contributed by atoms with E-state index in [2.05, 4.69) is 24.1 Å². The highest BCUT2D eigenvalue weighted by atomic mass is 15.2. The third kappa shape index (κ3) is 5.07. The summed E-state index contributed by atoms with van der Waals surface area (Å²) in [5, 5.41) is 3.60. The van der Waals surface area contributed by atoms with E-state index in [-0.39, 0.29) is 0 Å². The lowest BCUT2D eigenvalue weighted by Crippen LogP contribution is -2.27. The van der Waals surface area contributed by atoms with Crippen LogP contribution in [0.25, 0.3) is 0 Å². The topological polar surface area (TPSA) is 15.3 Å². The number of nitrogens with one attached hydrogen (secondary N) is 1. The number of hydrogen-bond donors (Lipinski definition) is 1. The third-order valence-corrected chi connectivity index (χ3v) is 5.43. The Morgan fingerprint density at radius 3 is 2.42 bits per heavy atom. The Bertz CT molecular complexity index is 244. The summed E-state index contributed by atoms with van der Waals surface area (Å²) in [4.78, 5) is 2.72. The molecule has 0 aromatic rings. The molecule has 2 fully saturated rings. The second-order valence-electron chi connectivity index (χ2n) is 6.88. The molecule has 0 atom stereocenters. The quantitative estimate of drug-likeness (QED) is 0.605. The summed E-state index contributed by atoms with van der Waals surface area (Å²) in [7, 11) is 0. The Kier molecular flexibility index (Phi) is 6.15. The van der Waals surface area contributed by atoms with Crippen molar-refractivity contribution in [2.24, 2.45) is 5.41 Å². The SMILES string of the molecule is CCC1(CC)CCN(CCCCCCNC2CC2)C1. The molecule has 1 saturated heterocycles. The van der Waals surface area contributed by atoms with Crippen LogP contribution in [0.4, 0.5) is 0 Å². The van der Waals surface area contributed by atoms with Crippen molar-refractivity contribution >= 4 is 0 Å². The molecule has 1 N–H and O–H groups in total. The highest BCUT2D eigenvalue weighted by Gasteiger charge is 2.34. The molecular formula is C17H34N2. The second-order valence-corrected chi connectivity index (χ2v) is 6.88. The predicted molar refractivity (Wildman–Crippen MR) is 83.6 cm³/mol. The summed E-state index contributed by atoms with van der Waals surface area (Å²) in [6.07, 6.45) is 12.6. The van der Waals surface area contributed by atoms with Crippen molar-refractivity contribution in [1.29, 1.82) is 0 Å². The van der Waals surface area contributed by atoms with Gasteiger partial charge in [-0.1, -0.05) is 26.7 Å². The zero-order chi connectivity index (χ0) is 13.6. The number of hydrogen-bond acceptors (Lipinski definition) is 2. The predicted octanol–water partition coefficient (Wildman–Crippen LogP) is 3.81. The van der Waals surface area contributed by atoms with Crippen LogP contribution in [0.2, 0.25) is 0 Å². The Labute approximate surface area is 120 Å². The van der Waals surface area contributed by atoms with Crippen LogP contribution in [0.15, 0.2) is 0 Å². The minimum absolute atomic E-state index is 0.661. The molecule has 19 heavy (non-hydrogen) atoms. The number of unbranched alkanes of at least 4 members (excludes halogenated alkanes) is 3. The molecule has 1 aliphatic heterocycles. The molecule has 0 spiro atoms. The van der Waals surface area contributed by atoms with E-state index in [1.54, 1.807) is 0 Å². The molecule has 0 bridgehead atoms. The molecule has 112 valence electrons. The molecule has 0 amide bonds. The zero-order valence-corrected chi connectivity index (χ0v) is 13.2. The highest BCUT2D eigenvalue weighted by molar-refractivity contribution is 4.87. The molecule has 0 aromatic heterocycles. The van der Waals surface area contributed by atoms with Gasteiger partial charge < -0.3 is 10.2 Å². The fourth-order valence-corrected chi connectivity index (χ4v) is 3.45. The molecule has 1 aliphatic carbocycles. The lowest BCUT2D eigenvalue weighted by atomic mass is 9.82. The zero-order valence-electron chi connectivity index (χ0n) is 13.2. The molecule has 0 unspecified atom stereocenters. The average Bonchev–Trinajstić information content (AvgIpc) is 3.17. The standard InChI is InChI=1S/C17H34N2/c1-3-17(4-2)11-14-19(15-17)13-8-6-5-7-12-18-16-9-10-16/h16,18H,3-15H2,1-2H3. The minimum atomic E-state index is 0.661. The lowest BCUT2D eigenvalue weighted by molar-refractivity contribution is 0.237. The van der Waals surface area contributed by atoms with E-state index in [1.807, 2.05) is 0 Å². The summed E-state index contributed by atoms with van der Waals surface area (Å²) in [6, 6.07) is 0.890. The average molecular weight is 266 g/mol. The van der Waals surface area contributed by atoms with Crippen molar-refractivity contribution in [3.8, 4) is 0 Å². The van der Waals surface area contributed by atoms with Crippen LogP contribution < -0.4 is 5.32 Å². The van der Waals surface area contributed by atoms with Gasteiger partial charge in [-0.05, 0) is 70.0 Å². The van der Waals surface area contributed by atoms with E-state index in [9.17, 15) is 0 Å². The van der Waals surface area contributed by atoms with E-state index in [0.717, 1.165) is 6.04 Å². The summed E-state index contributed by atoms with van der Waals surface area (Å²) in [5.41, 5.74) is 0.661. The molecule has 0 aromatic carbocycles. The molecule has 0 radical (unpaired) electrons. The summed E-state index contributed by atoms with van der Waals surface area (Å²) in [6.45, 7) is 10.1. The molecule has 2 aliphatic rings. The summed E-state index contributed by atoms with van der Waals surface area (Å²) >= 11 is 0. The van der Waals surface area contributed by atoms with Gasteiger partial charge in [-0.2, -0.15) is 0 Å². The van der Waals surface area contributed by atoms with Crippen LogP contribution in [0.5, 0.6) is 0 Å². The third-order valence-electron chi connectivity index (χ3n) is 5.43. The second kappa shape index (κ2) is 7.64. The van der Waals surface area contributed by atoms with E-state index >= 15 is 0 Å². The largest absolute Gasteiger partial charge is 0.314 e. The van der Waals surface area contributed by atoms with Gasteiger partial charge >= 0.3 is 0 Å². The molecule has 2 nitrogen and oxygen atoms in total. The molecule has 2 heteroatoms. The minimum Gasteiger partial charge on any atom is -0.314 e. The fraction of sp³-hybridized carbons (Fsp3) is 1.00. The Hall–Kier alpha value is -0.0800. The smallest absolute Gasteiger partial charge is 0.00682 e. The molecule has 1 heterocycles. The highest BCUT2D eigenvalue weighted by Crippen LogP contribution is 2.36. The van der Waals surface area contributed by atoms with Gasteiger partial charge in [0.25, 0.3) is 0 Å². The van der Waals surface area contributed by atoms with E-state index < -0.39 is 0 Å². The maximum absolute atomic E-state index is 3.60. The first-order chi connectivity index (χ1) is 9.28. The van der Waals surface area contributed by atoms with Crippen molar-refractivity contribution < 1.29 is 0 Å². The Balaban J connectivity index is 1.45. The molecular weight excluding hydrogens is 232 g/mol. The van der Waals surface area contributed by atoms with Crippen LogP contribution in [0.1, 0.15) is 71.6 Å². The van der Waals surface area contributed by atoms with Crippen LogP contribution in [-0.4, -0.2) is 37.1 Å². The van der Waals surface area contributed by atoms with E-state index in [4.69, 9.17) is 0 Å². The van der Waals surface area contributed by atoms with Crippen molar-refractivity contribution in [2.45, 2.75) is 77.7 Å². The Morgan fingerprint density at radius 2 is 1.79 bits per heavy atom. The molecule has 2 rings (SSSR count). The van der Waals surface area contributed by atoms with Gasteiger partial charge in [0.05, 0.1) is 0 Å². The van der Waals surface area contributed by atoms with Gasteiger partial charge in [0.15, 0.2) is 0 Å². The van der Waals surface area contributed by atoms with Crippen LogP contribution >= 0.6 is 0 Å². The van der Waals surface area contributed by atoms with Gasteiger partial charge in [-0.25, -0.2) is 0 Å². The van der Waals surface area contributed by atoms with Crippen LogP contribution in [0, 0.1) is 5.41 Å².